The number of aliphatic hydroxyl groups excluding tert-OH is 4. The van der Waals surface area contributed by atoms with Crippen LogP contribution in [-0.2, 0) is 20.2 Å². The summed E-state index contributed by atoms with van der Waals surface area (Å²) in [7, 11) is -9.61. The van der Waals surface area contributed by atoms with E-state index in [9.17, 15) is 41.3 Å². The number of azo groups is 1. The number of aliphatic hydroxyl groups is 4. The van der Waals surface area contributed by atoms with Gasteiger partial charge in [0.05, 0.1) is 41.4 Å². The van der Waals surface area contributed by atoms with Crippen molar-refractivity contribution in [1.82, 2.24) is 15.0 Å². The van der Waals surface area contributed by atoms with Crippen LogP contribution in [0.5, 0.6) is 5.75 Å². The van der Waals surface area contributed by atoms with E-state index in [1.807, 2.05) is 0 Å². The number of nitrogens with zero attached hydrogens (tertiary/aromatic N) is 5. The number of rotatable bonds is 14. The summed E-state index contributed by atoms with van der Waals surface area (Å²) in [6.45, 7) is -1.43. The minimum absolute atomic E-state index is 0.0190. The maximum atomic E-state index is 12.3. The molecule has 0 amide bonds. The minimum Gasteiger partial charge on any atom is -0.507 e. The van der Waals surface area contributed by atoms with Gasteiger partial charge in [0.2, 0.25) is 17.8 Å². The van der Waals surface area contributed by atoms with Crippen molar-refractivity contribution >= 4 is 71.6 Å². The van der Waals surface area contributed by atoms with E-state index in [0.29, 0.717) is 0 Å². The van der Waals surface area contributed by atoms with Gasteiger partial charge < -0.3 is 47.2 Å². The van der Waals surface area contributed by atoms with Gasteiger partial charge in [-0.1, -0.05) is 6.07 Å². The van der Waals surface area contributed by atoms with Gasteiger partial charge in [-0.25, -0.2) is 0 Å². The molecule has 1 aromatic heterocycles. The first kappa shape index (κ1) is 35.1. The first-order valence-electron chi connectivity index (χ1n) is 13.2. The van der Waals surface area contributed by atoms with E-state index in [2.05, 4.69) is 41.1 Å². The lowest BCUT2D eigenvalue weighted by atomic mass is 10.1. The van der Waals surface area contributed by atoms with Crippen LogP contribution in [0.15, 0.2) is 62.5 Å². The normalized spacial score (nSPS) is 13.5. The SMILES string of the molecule is Nc1ccc2cc(S(=O)(=O)O)cc(O)c2c1N=Nc1ccc(Nc2nc(NCC(O)CO)nc(NCC(O)CO)n2)cc1S(=O)(=O)O. The lowest BCUT2D eigenvalue weighted by molar-refractivity contribution is 0.105. The number of hydrogen-bond donors (Lipinski definition) is 11. The second kappa shape index (κ2) is 14.3. The van der Waals surface area contributed by atoms with E-state index < -0.39 is 61.2 Å². The van der Waals surface area contributed by atoms with Gasteiger partial charge in [0, 0.05) is 24.8 Å². The number of phenolic OH excluding ortho intramolecular Hbond substituents is 1. The van der Waals surface area contributed by atoms with E-state index in [4.69, 9.17) is 15.9 Å². The highest BCUT2D eigenvalue weighted by Gasteiger charge is 2.20. The zero-order valence-electron chi connectivity index (χ0n) is 23.9. The summed E-state index contributed by atoms with van der Waals surface area (Å²) in [6.07, 6.45) is -2.31. The Morgan fingerprint density at radius 3 is 1.94 bits per heavy atom. The largest absolute Gasteiger partial charge is 0.507 e. The fourth-order valence-corrected chi connectivity index (χ4v) is 5.11. The predicted molar refractivity (Wildman–Crippen MR) is 167 cm³/mol. The molecule has 2 atom stereocenters. The van der Waals surface area contributed by atoms with Crippen LogP contribution in [-0.4, -0.2) is 105 Å². The van der Waals surface area contributed by atoms with E-state index in [1.165, 1.54) is 18.2 Å². The summed E-state index contributed by atoms with van der Waals surface area (Å²) in [4.78, 5) is 10.9. The molecular formula is C25H29N9O11S2. The van der Waals surface area contributed by atoms with Gasteiger partial charge in [-0.2, -0.15) is 31.8 Å². The molecule has 0 radical (unpaired) electrons. The quantitative estimate of drug-likeness (QED) is 0.0485. The van der Waals surface area contributed by atoms with Crippen molar-refractivity contribution in [3.05, 3.63) is 42.5 Å². The molecule has 1 heterocycles. The van der Waals surface area contributed by atoms with Gasteiger partial charge in [0.15, 0.2) is 0 Å². The fourth-order valence-electron chi connectivity index (χ4n) is 3.92. The Morgan fingerprint density at radius 1 is 0.787 bits per heavy atom. The Morgan fingerprint density at radius 2 is 1.38 bits per heavy atom. The molecule has 4 aromatic rings. The Labute approximate surface area is 266 Å². The summed E-state index contributed by atoms with van der Waals surface area (Å²) in [5.74, 6) is -1.00. The smallest absolute Gasteiger partial charge is 0.296 e. The molecule has 0 spiro atoms. The van der Waals surface area contributed by atoms with Gasteiger partial charge in [0.25, 0.3) is 20.2 Å². The van der Waals surface area contributed by atoms with Gasteiger partial charge in [0.1, 0.15) is 22.0 Å². The molecule has 0 aliphatic carbocycles. The van der Waals surface area contributed by atoms with Crippen molar-refractivity contribution < 1.29 is 51.5 Å². The molecule has 47 heavy (non-hydrogen) atoms. The van der Waals surface area contributed by atoms with Gasteiger partial charge in [-0.05, 0) is 35.7 Å². The molecule has 22 heteroatoms. The van der Waals surface area contributed by atoms with E-state index in [-0.39, 0.29) is 64.5 Å². The zero-order valence-corrected chi connectivity index (χ0v) is 25.6. The fraction of sp³-hybridized carbons (Fsp3) is 0.240. The summed E-state index contributed by atoms with van der Waals surface area (Å²) in [5, 5.41) is 63.9. The van der Waals surface area contributed by atoms with Crippen LogP contribution < -0.4 is 21.7 Å². The van der Waals surface area contributed by atoms with Gasteiger partial charge in [-0.3, -0.25) is 9.11 Å². The van der Waals surface area contributed by atoms with Crippen LogP contribution in [0.4, 0.5) is 40.6 Å². The zero-order chi connectivity index (χ0) is 34.5. The van der Waals surface area contributed by atoms with Crippen LogP contribution in [0.3, 0.4) is 0 Å². The minimum atomic E-state index is -4.94. The van der Waals surface area contributed by atoms with Crippen molar-refractivity contribution in [3.8, 4) is 5.75 Å². The standard InChI is InChI=1S/C25H29N9O11S2/c26-17-3-1-12-5-16(46(40,41)42)7-19(39)21(12)22(17)34-33-18-4-2-13(6-20(18)47(43,44)45)29-25-31-23(27-8-14(37)10-35)30-24(32-25)28-9-15(38)11-36/h1-7,14-15,35-39H,8-11,26H2,(H,40,41,42)(H,43,44,45)(H3,27,28,29,30,31,32). The summed E-state index contributed by atoms with van der Waals surface area (Å²) < 4.78 is 67.1. The molecule has 3 aromatic carbocycles. The Hall–Kier alpha value is -4.81. The van der Waals surface area contributed by atoms with Crippen LogP contribution in [0.2, 0.25) is 0 Å². The summed E-state index contributed by atoms with van der Waals surface area (Å²) in [5.41, 5.74) is 5.44. The average Bonchev–Trinajstić information content (AvgIpc) is 3.01. The number of nitrogen functional groups attached to an aromatic ring is 1. The maximum absolute atomic E-state index is 12.3. The number of aromatic hydroxyl groups is 1. The molecule has 0 saturated heterocycles. The lowest BCUT2D eigenvalue weighted by Gasteiger charge is -2.14. The first-order valence-corrected chi connectivity index (χ1v) is 16.1. The Kier molecular flexibility index (Phi) is 10.7. The molecular weight excluding hydrogens is 666 g/mol. The van der Waals surface area contributed by atoms with Crippen molar-refractivity contribution in [2.75, 3.05) is 48.0 Å². The number of phenols is 1. The predicted octanol–water partition coefficient (Wildman–Crippen LogP) is 0.495. The molecule has 252 valence electrons. The third-order valence-corrected chi connectivity index (χ3v) is 7.89. The number of aromatic nitrogens is 3. The molecule has 4 rings (SSSR count). The van der Waals surface area contributed by atoms with E-state index in [1.54, 1.807) is 0 Å². The van der Waals surface area contributed by atoms with E-state index in [0.717, 1.165) is 24.3 Å². The third kappa shape index (κ3) is 8.93. The lowest BCUT2D eigenvalue weighted by Crippen LogP contribution is -2.26. The van der Waals surface area contributed by atoms with Crippen LogP contribution >= 0.6 is 0 Å². The molecule has 0 aliphatic heterocycles. The monoisotopic (exact) mass is 695 g/mol. The van der Waals surface area contributed by atoms with Gasteiger partial charge in [-0.15, -0.1) is 10.2 Å². The molecule has 0 saturated carbocycles. The molecule has 2 unspecified atom stereocenters. The van der Waals surface area contributed by atoms with Gasteiger partial charge >= 0.3 is 0 Å². The topological polar surface area (TPSA) is 335 Å². The average molecular weight is 696 g/mol. The second-order valence-corrected chi connectivity index (χ2v) is 12.6. The van der Waals surface area contributed by atoms with Crippen molar-refractivity contribution in [2.45, 2.75) is 22.0 Å². The number of hydrogen-bond acceptors (Lipinski definition) is 18. The first-order chi connectivity index (χ1) is 22.1. The number of benzene rings is 3. The molecule has 12 N–H and O–H groups in total. The van der Waals surface area contributed by atoms with Crippen LogP contribution in [0.1, 0.15) is 0 Å². The van der Waals surface area contributed by atoms with Crippen molar-refractivity contribution in [2.24, 2.45) is 10.2 Å². The van der Waals surface area contributed by atoms with Crippen LogP contribution in [0.25, 0.3) is 10.8 Å². The van der Waals surface area contributed by atoms with Crippen molar-refractivity contribution in [1.29, 1.82) is 0 Å². The number of fused-ring (bicyclic) bond motifs is 1. The van der Waals surface area contributed by atoms with Crippen LogP contribution in [0, 0.1) is 0 Å². The maximum Gasteiger partial charge on any atom is 0.296 e. The molecule has 0 fully saturated rings. The van der Waals surface area contributed by atoms with E-state index >= 15 is 0 Å². The number of nitrogens with two attached hydrogens (primary N) is 1. The number of nitrogens with one attached hydrogen (secondary N) is 3. The highest BCUT2D eigenvalue weighted by Crippen LogP contribution is 2.41. The Balaban J connectivity index is 1.71. The highest BCUT2D eigenvalue weighted by molar-refractivity contribution is 7.86. The molecule has 0 aliphatic rings. The molecule has 0 bridgehead atoms. The Bertz CT molecular complexity index is 2000. The summed E-state index contributed by atoms with van der Waals surface area (Å²) in [6, 6.07) is 7.94. The molecule has 20 nitrogen and oxygen atoms in total. The highest BCUT2D eigenvalue weighted by atomic mass is 32.2. The number of anilines is 5. The second-order valence-electron chi connectivity index (χ2n) is 9.74. The van der Waals surface area contributed by atoms with Crippen molar-refractivity contribution in [3.63, 3.8) is 0 Å². The third-order valence-electron chi connectivity index (χ3n) is 6.17. The summed E-state index contributed by atoms with van der Waals surface area (Å²) >= 11 is 0.